The Bertz CT molecular complexity index is 764. The van der Waals surface area contributed by atoms with E-state index < -0.39 is 10.9 Å². The molecule has 0 saturated carbocycles. The first-order valence-electron chi connectivity index (χ1n) is 8.76. The summed E-state index contributed by atoms with van der Waals surface area (Å²) in [6.45, 7) is 3.96. The number of nitro groups is 1. The van der Waals surface area contributed by atoms with Gasteiger partial charge in [-0.05, 0) is 36.6 Å². The fourth-order valence-electron chi connectivity index (χ4n) is 2.28. The number of esters is 1. The largest absolute Gasteiger partial charge is 0.482 e. The van der Waals surface area contributed by atoms with E-state index in [2.05, 4.69) is 10.3 Å². The van der Waals surface area contributed by atoms with E-state index in [1.807, 2.05) is 32.0 Å². The number of aryl methyl sites for hydroxylation is 1. The van der Waals surface area contributed by atoms with Crippen molar-refractivity contribution < 1.29 is 19.2 Å². The summed E-state index contributed by atoms with van der Waals surface area (Å²) in [6.07, 6.45) is 2.76. The Labute approximate surface area is 157 Å². The van der Waals surface area contributed by atoms with Gasteiger partial charge in [-0.1, -0.05) is 26.0 Å². The highest BCUT2D eigenvalue weighted by Gasteiger charge is 2.13. The second-order valence-electron chi connectivity index (χ2n) is 5.88. The second-order valence-corrected chi connectivity index (χ2v) is 5.88. The molecule has 0 radical (unpaired) electrons. The van der Waals surface area contributed by atoms with Gasteiger partial charge in [-0.25, -0.2) is 9.78 Å². The number of carbonyl (C=O) groups is 1. The van der Waals surface area contributed by atoms with E-state index in [0.29, 0.717) is 18.0 Å². The fraction of sp³-hybridized carbons (Fsp3) is 0.368. The molecule has 1 aromatic heterocycles. The third kappa shape index (κ3) is 6.58. The van der Waals surface area contributed by atoms with Gasteiger partial charge >= 0.3 is 5.97 Å². The minimum Gasteiger partial charge on any atom is -0.482 e. The van der Waals surface area contributed by atoms with E-state index in [4.69, 9.17) is 9.47 Å². The van der Waals surface area contributed by atoms with E-state index in [0.717, 1.165) is 12.0 Å². The Morgan fingerprint density at radius 3 is 2.74 bits per heavy atom. The molecule has 8 nitrogen and oxygen atoms in total. The minimum atomic E-state index is -0.508. The van der Waals surface area contributed by atoms with E-state index in [1.54, 1.807) is 6.07 Å². The van der Waals surface area contributed by atoms with Gasteiger partial charge < -0.3 is 14.8 Å². The van der Waals surface area contributed by atoms with Gasteiger partial charge in [0.05, 0.1) is 11.0 Å². The predicted molar refractivity (Wildman–Crippen MR) is 101 cm³/mol. The van der Waals surface area contributed by atoms with Gasteiger partial charge in [-0.3, -0.25) is 10.1 Å². The van der Waals surface area contributed by atoms with E-state index >= 15 is 0 Å². The summed E-state index contributed by atoms with van der Waals surface area (Å²) in [7, 11) is 0. The molecule has 144 valence electrons. The maximum atomic E-state index is 11.9. The number of benzene rings is 1. The molecule has 27 heavy (non-hydrogen) atoms. The number of nitrogens with zero attached hydrogens (tertiary/aromatic N) is 2. The van der Waals surface area contributed by atoms with Gasteiger partial charge in [0, 0.05) is 6.07 Å². The van der Waals surface area contributed by atoms with Gasteiger partial charge in [0.15, 0.2) is 6.61 Å². The van der Waals surface area contributed by atoms with Crippen molar-refractivity contribution in [2.24, 2.45) is 0 Å². The number of hydrogen-bond donors (Lipinski definition) is 1. The summed E-state index contributed by atoms with van der Waals surface area (Å²) in [5, 5.41) is 13.7. The number of rotatable bonds is 10. The standard InChI is InChI=1S/C19H23N3O5/c1-3-14-6-5-7-17(10-14)26-13-19(23)27-12-15(4-2)21-18-9-8-16(11-20-18)22(24)25/h5-11,15H,3-4,12-13H2,1-2H3,(H,20,21). The van der Waals surface area contributed by atoms with Crippen molar-refractivity contribution >= 4 is 17.5 Å². The Hall–Kier alpha value is -3.16. The number of pyridine rings is 1. The van der Waals surface area contributed by atoms with Crippen LogP contribution in [0.4, 0.5) is 11.5 Å². The molecule has 1 unspecified atom stereocenters. The smallest absolute Gasteiger partial charge is 0.344 e. The monoisotopic (exact) mass is 373 g/mol. The summed E-state index contributed by atoms with van der Waals surface area (Å²) in [6, 6.07) is 10.3. The van der Waals surface area contributed by atoms with Crippen LogP contribution in [0.25, 0.3) is 0 Å². The first-order valence-corrected chi connectivity index (χ1v) is 8.76. The lowest BCUT2D eigenvalue weighted by Gasteiger charge is -2.17. The van der Waals surface area contributed by atoms with Crippen LogP contribution in [0.1, 0.15) is 25.8 Å². The van der Waals surface area contributed by atoms with Crippen molar-refractivity contribution in [1.29, 1.82) is 0 Å². The molecule has 0 bridgehead atoms. The number of nitrogens with one attached hydrogen (secondary N) is 1. The molecular formula is C19H23N3O5. The van der Waals surface area contributed by atoms with E-state index in [-0.39, 0.29) is 24.9 Å². The van der Waals surface area contributed by atoms with Crippen molar-refractivity contribution in [2.45, 2.75) is 32.7 Å². The molecule has 0 aliphatic rings. The quantitative estimate of drug-likeness (QED) is 0.387. The molecule has 8 heteroatoms. The molecule has 1 atom stereocenters. The van der Waals surface area contributed by atoms with Crippen LogP contribution >= 0.6 is 0 Å². The van der Waals surface area contributed by atoms with Gasteiger partial charge in [-0.2, -0.15) is 0 Å². The van der Waals surface area contributed by atoms with Crippen LogP contribution < -0.4 is 10.1 Å². The summed E-state index contributed by atoms with van der Waals surface area (Å²) >= 11 is 0. The molecule has 0 spiro atoms. The van der Waals surface area contributed by atoms with Crippen LogP contribution in [0.15, 0.2) is 42.6 Å². The lowest BCUT2D eigenvalue weighted by molar-refractivity contribution is -0.385. The van der Waals surface area contributed by atoms with Gasteiger partial charge in [0.2, 0.25) is 0 Å². The zero-order valence-electron chi connectivity index (χ0n) is 15.4. The number of aromatic nitrogens is 1. The summed E-state index contributed by atoms with van der Waals surface area (Å²) in [5.74, 6) is 0.650. The highest BCUT2D eigenvalue weighted by molar-refractivity contribution is 5.71. The van der Waals surface area contributed by atoms with Crippen molar-refractivity contribution in [3.8, 4) is 5.75 Å². The average molecular weight is 373 g/mol. The Morgan fingerprint density at radius 1 is 1.30 bits per heavy atom. The lowest BCUT2D eigenvalue weighted by Crippen LogP contribution is -2.28. The van der Waals surface area contributed by atoms with Gasteiger partial charge in [0.1, 0.15) is 24.4 Å². The molecule has 1 aromatic carbocycles. The number of anilines is 1. The van der Waals surface area contributed by atoms with Crippen LogP contribution in [-0.2, 0) is 16.0 Å². The van der Waals surface area contributed by atoms with Crippen molar-refractivity contribution in [1.82, 2.24) is 4.98 Å². The summed E-state index contributed by atoms with van der Waals surface area (Å²) < 4.78 is 10.7. The van der Waals surface area contributed by atoms with E-state index in [1.165, 1.54) is 18.3 Å². The van der Waals surface area contributed by atoms with Gasteiger partial charge in [0.25, 0.3) is 5.69 Å². The molecule has 0 aliphatic carbocycles. The fourth-order valence-corrected chi connectivity index (χ4v) is 2.28. The molecular weight excluding hydrogens is 350 g/mol. The summed E-state index contributed by atoms with van der Waals surface area (Å²) in [4.78, 5) is 26.0. The van der Waals surface area contributed by atoms with Crippen LogP contribution in [-0.4, -0.2) is 35.1 Å². The lowest BCUT2D eigenvalue weighted by atomic mass is 10.2. The third-order valence-electron chi connectivity index (χ3n) is 3.91. The van der Waals surface area contributed by atoms with Gasteiger partial charge in [-0.15, -0.1) is 0 Å². The molecule has 0 saturated heterocycles. The van der Waals surface area contributed by atoms with Crippen molar-refractivity contribution in [3.05, 3.63) is 58.3 Å². The maximum absolute atomic E-state index is 11.9. The normalized spacial score (nSPS) is 11.5. The van der Waals surface area contributed by atoms with Crippen molar-refractivity contribution in [2.75, 3.05) is 18.5 Å². The minimum absolute atomic E-state index is 0.0793. The Kier molecular flexibility index (Phi) is 7.54. The maximum Gasteiger partial charge on any atom is 0.344 e. The summed E-state index contributed by atoms with van der Waals surface area (Å²) in [5.41, 5.74) is 1.05. The first-order chi connectivity index (χ1) is 13.0. The second kappa shape index (κ2) is 10.1. The average Bonchev–Trinajstić information content (AvgIpc) is 2.70. The first kappa shape index (κ1) is 20.2. The topological polar surface area (TPSA) is 104 Å². The molecule has 0 aliphatic heterocycles. The van der Waals surface area contributed by atoms with Crippen LogP contribution in [0, 0.1) is 10.1 Å². The highest BCUT2D eigenvalue weighted by Crippen LogP contribution is 2.15. The Balaban J connectivity index is 1.78. The molecule has 2 aromatic rings. The van der Waals surface area contributed by atoms with E-state index in [9.17, 15) is 14.9 Å². The zero-order chi connectivity index (χ0) is 19.6. The molecule has 1 N–H and O–H groups in total. The molecule has 1 heterocycles. The van der Waals surface area contributed by atoms with Crippen molar-refractivity contribution in [3.63, 3.8) is 0 Å². The molecule has 2 rings (SSSR count). The number of ether oxygens (including phenoxy) is 2. The van der Waals surface area contributed by atoms with Crippen LogP contribution in [0.5, 0.6) is 5.75 Å². The predicted octanol–water partition coefficient (Wildman–Crippen LogP) is 3.36. The number of carbonyl (C=O) groups excluding carboxylic acids is 1. The Morgan fingerprint density at radius 2 is 2.11 bits per heavy atom. The molecule has 0 amide bonds. The molecule has 0 fully saturated rings. The zero-order valence-corrected chi connectivity index (χ0v) is 15.4. The van der Waals surface area contributed by atoms with Crippen LogP contribution in [0.3, 0.4) is 0 Å². The third-order valence-corrected chi connectivity index (χ3v) is 3.91. The van der Waals surface area contributed by atoms with Crippen LogP contribution in [0.2, 0.25) is 0 Å². The SMILES string of the molecule is CCc1cccc(OCC(=O)OCC(CC)Nc2ccc([N+](=O)[O-])cn2)c1. The highest BCUT2D eigenvalue weighted by atomic mass is 16.6. The number of hydrogen-bond acceptors (Lipinski definition) is 7.